The zero-order valence-corrected chi connectivity index (χ0v) is 15.5. The Labute approximate surface area is 150 Å². The molecule has 7 heteroatoms. The van der Waals surface area contributed by atoms with Crippen LogP contribution in [0.2, 0.25) is 5.02 Å². The second-order valence-electron chi connectivity index (χ2n) is 5.07. The predicted octanol–water partition coefficient (Wildman–Crippen LogP) is 4.21. The molecule has 0 bridgehead atoms. The Bertz CT molecular complexity index is 743. The molecule has 1 amide bonds. The van der Waals surface area contributed by atoms with Crippen molar-refractivity contribution in [1.82, 2.24) is 10.9 Å². The Morgan fingerprint density at radius 1 is 1.22 bits per heavy atom. The molecule has 0 atom stereocenters. The SMILES string of the molecule is CCc1sc(C(=O)NNC(=S)Nc2ccc(C)c(Cl)c2)cc1C. The van der Waals surface area contributed by atoms with Crippen molar-refractivity contribution in [2.75, 3.05) is 5.32 Å². The summed E-state index contributed by atoms with van der Waals surface area (Å²) >= 11 is 12.7. The summed E-state index contributed by atoms with van der Waals surface area (Å²) in [5.41, 5.74) is 8.17. The van der Waals surface area contributed by atoms with E-state index in [2.05, 4.69) is 23.1 Å². The lowest BCUT2D eigenvalue weighted by atomic mass is 10.2. The van der Waals surface area contributed by atoms with E-state index < -0.39 is 0 Å². The van der Waals surface area contributed by atoms with Crippen molar-refractivity contribution in [2.45, 2.75) is 27.2 Å². The highest BCUT2D eigenvalue weighted by atomic mass is 35.5. The van der Waals surface area contributed by atoms with Gasteiger partial charge >= 0.3 is 0 Å². The number of nitrogens with one attached hydrogen (secondary N) is 3. The molecular weight excluding hydrogens is 350 g/mol. The van der Waals surface area contributed by atoms with E-state index in [0.29, 0.717) is 15.0 Å². The van der Waals surface area contributed by atoms with Crippen LogP contribution < -0.4 is 16.2 Å². The van der Waals surface area contributed by atoms with E-state index in [-0.39, 0.29) is 5.91 Å². The van der Waals surface area contributed by atoms with E-state index in [1.165, 1.54) is 16.2 Å². The molecule has 0 radical (unpaired) electrons. The fourth-order valence-electron chi connectivity index (χ4n) is 1.99. The molecule has 4 nitrogen and oxygen atoms in total. The highest BCUT2D eigenvalue weighted by molar-refractivity contribution is 7.80. The monoisotopic (exact) mass is 367 g/mol. The standard InChI is InChI=1S/C16H18ClN3OS2/c1-4-13-10(3)7-14(23-13)15(21)19-20-16(22)18-11-6-5-9(2)12(17)8-11/h5-8H,4H2,1-3H3,(H,19,21)(H2,18,20,22). The molecular formula is C16H18ClN3OS2. The quantitative estimate of drug-likeness (QED) is 0.561. The number of rotatable bonds is 3. The van der Waals surface area contributed by atoms with Crippen LogP contribution in [0.3, 0.4) is 0 Å². The van der Waals surface area contributed by atoms with Gasteiger partial charge < -0.3 is 5.32 Å². The summed E-state index contributed by atoms with van der Waals surface area (Å²) in [5, 5.41) is 3.92. The van der Waals surface area contributed by atoms with Crippen molar-refractivity contribution >= 4 is 51.9 Å². The third kappa shape index (κ3) is 4.67. The number of amides is 1. The van der Waals surface area contributed by atoms with E-state index in [9.17, 15) is 4.79 Å². The Morgan fingerprint density at radius 2 is 1.96 bits per heavy atom. The fraction of sp³-hybridized carbons (Fsp3) is 0.250. The van der Waals surface area contributed by atoms with Crippen LogP contribution in [0, 0.1) is 13.8 Å². The van der Waals surface area contributed by atoms with E-state index in [1.54, 1.807) is 6.07 Å². The first kappa shape index (κ1) is 17.7. The molecule has 0 fully saturated rings. The lowest BCUT2D eigenvalue weighted by Crippen LogP contribution is -2.43. The summed E-state index contributed by atoms with van der Waals surface area (Å²) in [7, 11) is 0. The number of hydrogen-bond acceptors (Lipinski definition) is 3. The van der Waals surface area contributed by atoms with Gasteiger partial charge in [0, 0.05) is 15.6 Å². The minimum absolute atomic E-state index is 0.205. The van der Waals surface area contributed by atoms with Gasteiger partial charge in [-0.1, -0.05) is 24.6 Å². The molecule has 0 aliphatic rings. The highest BCUT2D eigenvalue weighted by Gasteiger charge is 2.11. The first-order valence-corrected chi connectivity index (χ1v) is 8.73. The molecule has 3 N–H and O–H groups in total. The maximum absolute atomic E-state index is 12.1. The summed E-state index contributed by atoms with van der Waals surface area (Å²) in [4.78, 5) is 14.0. The number of hydrogen-bond donors (Lipinski definition) is 3. The van der Waals surface area contributed by atoms with Crippen molar-refractivity contribution in [3.05, 3.63) is 50.2 Å². The van der Waals surface area contributed by atoms with Gasteiger partial charge in [-0.3, -0.25) is 15.6 Å². The number of carbonyl (C=O) groups is 1. The fourth-order valence-corrected chi connectivity index (χ4v) is 3.35. The first-order chi connectivity index (χ1) is 10.9. The van der Waals surface area contributed by atoms with Gasteiger partial charge in [0.05, 0.1) is 4.88 Å². The van der Waals surface area contributed by atoms with Crippen molar-refractivity contribution in [3.8, 4) is 0 Å². The van der Waals surface area contributed by atoms with Gasteiger partial charge in [0.15, 0.2) is 5.11 Å². The van der Waals surface area contributed by atoms with Crippen LogP contribution in [-0.4, -0.2) is 11.0 Å². The van der Waals surface area contributed by atoms with Crippen molar-refractivity contribution in [3.63, 3.8) is 0 Å². The second-order valence-corrected chi connectivity index (χ2v) is 7.02. The van der Waals surface area contributed by atoms with E-state index in [4.69, 9.17) is 23.8 Å². The maximum atomic E-state index is 12.1. The molecule has 1 heterocycles. The Morgan fingerprint density at radius 3 is 2.57 bits per heavy atom. The van der Waals surface area contributed by atoms with E-state index >= 15 is 0 Å². The molecule has 0 aliphatic carbocycles. The van der Waals surface area contributed by atoms with Crippen LogP contribution in [0.25, 0.3) is 0 Å². The van der Waals surface area contributed by atoms with Crippen LogP contribution in [0.4, 0.5) is 5.69 Å². The lowest BCUT2D eigenvalue weighted by molar-refractivity contribution is 0.0948. The number of aryl methyl sites for hydroxylation is 3. The normalized spacial score (nSPS) is 10.3. The van der Waals surface area contributed by atoms with Gasteiger partial charge in [-0.05, 0) is 61.8 Å². The number of halogens is 1. The number of hydrazine groups is 1. The van der Waals surface area contributed by atoms with Crippen molar-refractivity contribution in [2.24, 2.45) is 0 Å². The van der Waals surface area contributed by atoms with E-state index in [0.717, 1.165) is 23.2 Å². The molecule has 2 aromatic rings. The summed E-state index contributed by atoms with van der Waals surface area (Å²) in [6.07, 6.45) is 0.922. The van der Waals surface area contributed by atoms with Crippen LogP contribution >= 0.6 is 35.2 Å². The van der Waals surface area contributed by atoms with Crippen molar-refractivity contribution in [1.29, 1.82) is 0 Å². The minimum Gasteiger partial charge on any atom is -0.331 e. The number of anilines is 1. The first-order valence-electron chi connectivity index (χ1n) is 7.13. The summed E-state index contributed by atoms with van der Waals surface area (Å²) in [5.74, 6) is -0.205. The molecule has 0 spiro atoms. The molecule has 0 saturated carbocycles. The van der Waals surface area contributed by atoms with Gasteiger partial charge in [-0.2, -0.15) is 0 Å². The number of thiocarbonyl (C=S) groups is 1. The smallest absolute Gasteiger partial charge is 0.279 e. The zero-order valence-electron chi connectivity index (χ0n) is 13.1. The molecule has 23 heavy (non-hydrogen) atoms. The zero-order chi connectivity index (χ0) is 17.0. The average molecular weight is 368 g/mol. The topological polar surface area (TPSA) is 53.2 Å². The molecule has 0 saturated heterocycles. The molecule has 1 aromatic carbocycles. The lowest BCUT2D eigenvalue weighted by Gasteiger charge is -2.11. The number of thiophene rings is 1. The maximum Gasteiger partial charge on any atom is 0.279 e. The number of benzene rings is 1. The predicted molar refractivity (Wildman–Crippen MR) is 101 cm³/mol. The van der Waals surface area contributed by atoms with Gasteiger partial charge in [-0.25, -0.2) is 0 Å². The largest absolute Gasteiger partial charge is 0.331 e. The Balaban J connectivity index is 1.90. The van der Waals surface area contributed by atoms with Crippen LogP contribution in [0.1, 0.15) is 32.6 Å². The molecule has 2 rings (SSSR count). The van der Waals surface area contributed by atoms with Crippen LogP contribution in [0.5, 0.6) is 0 Å². The van der Waals surface area contributed by atoms with Crippen molar-refractivity contribution < 1.29 is 4.79 Å². The summed E-state index contributed by atoms with van der Waals surface area (Å²) < 4.78 is 0. The van der Waals surface area contributed by atoms with Gasteiger partial charge in [0.1, 0.15) is 0 Å². The highest BCUT2D eigenvalue weighted by Crippen LogP contribution is 2.22. The van der Waals surface area contributed by atoms with Crippen LogP contribution in [0.15, 0.2) is 24.3 Å². The summed E-state index contributed by atoms with van der Waals surface area (Å²) in [6, 6.07) is 7.43. The van der Waals surface area contributed by atoms with Gasteiger partial charge in [0.2, 0.25) is 0 Å². The third-order valence-electron chi connectivity index (χ3n) is 3.28. The Hall–Kier alpha value is -1.63. The molecule has 1 aromatic heterocycles. The third-order valence-corrected chi connectivity index (χ3v) is 5.28. The Kier molecular flexibility index (Phi) is 5.98. The van der Waals surface area contributed by atoms with Crippen LogP contribution in [-0.2, 0) is 6.42 Å². The second kappa shape index (κ2) is 7.77. The summed E-state index contributed by atoms with van der Waals surface area (Å²) in [6.45, 7) is 6.01. The molecule has 0 aliphatic heterocycles. The minimum atomic E-state index is -0.205. The molecule has 122 valence electrons. The average Bonchev–Trinajstić information content (AvgIpc) is 2.89. The van der Waals surface area contributed by atoms with Gasteiger partial charge in [-0.15, -0.1) is 11.3 Å². The molecule has 0 unspecified atom stereocenters. The van der Waals surface area contributed by atoms with Gasteiger partial charge in [0.25, 0.3) is 5.91 Å². The number of carbonyl (C=O) groups excluding carboxylic acids is 1. The van der Waals surface area contributed by atoms with E-state index in [1.807, 2.05) is 32.0 Å².